The topological polar surface area (TPSA) is 58.6 Å². The van der Waals surface area contributed by atoms with Crippen LogP contribution in [0.5, 0.6) is 5.75 Å². The highest BCUT2D eigenvalue weighted by Gasteiger charge is 2.18. The van der Waals surface area contributed by atoms with Crippen molar-refractivity contribution >= 4 is 17.5 Å². The number of likely N-dealkylation sites (N-methyl/N-ethyl adjacent to an activating group) is 1. The van der Waals surface area contributed by atoms with Crippen LogP contribution < -0.4 is 10.1 Å². The van der Waals surface area contributed by atoms with Crippen molar-refractivity contribution in [1.29, 1.82) is 0 Å². The van der Waals surface area contributed by atoms with Crippen molar-refractivity contribution in [2.45, 2.75) is 44.9 Å². The Kier molecular flexibility index (Phi) is 7.09. The van der Waals surface area contributed by atoms with E-state index >= 15 is 0 Å². The lowest BCUT2D eigenvalue weighted by molar-refractivity contribution is -0.133. The molecule has 0 atom stereocenters. The summed E-state index contributed by atoms with van der Waals surface area (Å²) in [6.45, 7) is 0.0701. The van der Waals surface area contributed by atoms with Crippen LogP contribution in [0.15, 0.2) is 24.3 Å². The fourth-order valence-electron chi connectivity index (χ4n) is 3.20. The molecule has 0 saturated heterocycles. The van der Waals surface area contributed by atoms with Crippen molar-refractivity contribution in [3.05, 3.63) is 24.3 Å². The summed E-state index contributed by atoms with van der Waals surface area (Å²) in [5.74, 6) is 1.21. The fraction of sp³-hybridized carbons (Fsp3) is 0.579. The number of methoxy groups -OCH3 is 1. The molecule has 1 saturated carbocycles. The predicted octanol–water partition coefficient (Wildman–Crippen LogP) is 3.45. The van der Waals surface area contributed by atoms with Gasteiger partial charge in [-0.2, -0.15) is 0 Å². The highest BCUT2D eigenvalue weighted by molar-refractivity contribution is 5.94. The maximum absolute atomic E-state index is 12.2. The molecule has 0 unspecified atom stereocenters. The van der Waals surface area contributed by atoms with Gasteiger partial charge in [0.05, 0.1) is 13.7 Å². The minimum atomic E-state index is -0.197. The Morgan fingerprint density at radius 2 is 2.00 bits per heavy atom. The Bertz CT molecular complexity index is 553. The fourth-order valence-corrected chi connectivity index (χ4v) is 3.20. The first kappa shape index (κ1) is 18.3. The minimum Gasteiger partial charge on any atom is -0.497 e. The number of hydrogen-bond donors (Lipinski definition) is 1. The summed E-state index contributed by atoms with van der Waals surface area (Å²) >= 11 is 0. The van der Waals surface area contributed by atoms with Gasteiger partial charge < -0.3 is 15.0 Å². The van der Waals surface area contributed by atoms with Crippen molar-refractivity contribution < 1.29 is 14.3 Å². The number of anilines is 1. The van der Waals surface area contributed by atoms with Gasteiger partial charge in [0.1, 0.15) is 5.75 Å². The Morgan fingerprint density at radius 1 is 1.25 bits per heavy atom. The van der Waals surface area contributed by atoms with E-state index in [9.17, 15) is 9.59 Å². The van der Waals surface area contributed by atoms with Gasteiger partial charge in [-0.3, -0.25) is 9.59 Å². The Balaban J connectivity index is 1.74. The monoisotopic (exact) mass is 332 g/mol. The van der Waals surface area contributed by atoms with Gasteiger partial charge in [0.25, 0.3) is 0 Å². The lowest BCUT2D eigenvalue weighted by Crippen LogP contribution is -2.35. The molecule has 1 fully saturated rings. The average molecular weight is 332 g/mol. The molecule has 24 heavy (non-hydrogen) atoms. The molecule has 1 aliphatic rings. The highest BCUT2D eigenvalue weighted by atomic mass is 16.5. The molecule has 2 rings (SSSR count). The molecule has 0 bridgehead atoms. The number of nitrogens with one attached hydrogen (secondary N) is 1. The summed E-state index contributed by atoms with van der Waals surface area (Å²) in [5, 5.41) is 2.80. The highest BCUT2D eigenvalue weighted by Crippen LogP contribution is 2.27. The molecule has 0 radical (unpaired) electrons. The number of hydrogen-bond acceptors (Lipinski definition) is 3. The van der Waals surface area contributed by atoms with Crippen molar-refractivity contribution in [1.82, 2.24) is 4.90 Å². The van der Waals surface area contributed by atoms with Crippen LogP contribution in [0.3, 0.4) is 0 Å². The van der Waals surface area contributed by atoms with E-state index in [2.05, 4.69) is 5.32 Å². The van der Waals surface area contributed by atoms with E-state index in [-0.39, 0.29) is 18.4 Å². The summed E-state index contributed by atoms with van der Waals surface area (Å²) in [6, 6.07) is 7.18. The summed E-state index contributed by atoms with van der Waals surface area (Å²) in [4.78, 5) is 25.8. The van der Waals surface area contributed by atoms with E-state index in [0.29, 0.717) is 23.8 Å². The second kappa shape index (κ2) is 9.30. The Morgan fingerprint density at radius 3 is 2.71 bits per heavy atom. The summed E-state index contributed by atoms with van der Waals surface area (Å²) in [6.07, 6.45) is 7.87. The molecule has 132 valence electrons. The van der Waals surface area contributed by atoms with Crippen LogP contribution in [0.4, 0.5) is 5.69 Å². The van der Waals surface area contributed by atoms with Crippen LogP contribution in [0, 0.1) is 5.92 Å². The van der Waals surface area contributed by atoms with Crippen LogP contribution in [0.25, 0.3) is 0 Å². The van der Waals surface area contributed by atoms with Crippen LogP contribution in [0.2, 0.25) is 0 Å². The van der Waals surface area contributed by atoms with E-state index < -0.39 is 0 Å². The van der Waals surface area contributed by atoms with Crippen LogP contribution in [0.1, 0.15) is 44.9 Å². The third-order valence-electron chi connectivity index (χ3n) is 4.65. The van der Waals surface area contributed by atoms with E-state index in [1.165, 1.54) is 37.0 Å². The van der Waals surface area contributed by atoms with Crippen molar-refractivity contribution in [2.75, 3.05) is 26.0 Å². The normalized spacial score (nSPS) is 14.9. The zero-order chi connectivity index (χ0) is 17.4. The van der Waals surface area contributed by atoms with Gasteiger partial charge in [-0.25, -0.2) is 0 Å². The van der Waals surface area contributed by atoms with Gasteiger partial charge in [-0.1, -0.05) is 38.2 Å². The van der Waals surface area contributed by atoms with Gasteiger partial charge in [-0.15, -0.1) is 0 Å². The molecule has 2 amide bonds. The first-order chi connectivity index (χ1) is 11.6. The molecular formula is C19H28N2O3. The summed E-state index contributed by atoms with van der Waals surface area (Å²) in [5.41, 5.74) is 0.669. The zero-order valence-corrected chi connectivity index (χ0v) is 14.7. The second-order valence-electron chi connectivity index (χ2n) is 6.57. The maximum Gasteiger partial charge on any atom is 0.243 e. The molecule has 5 heteroatoms. The zero-order valence-electron chi connectivity index (χ0n) is 14.7. The molecule has 1 aromatic rings. The number of nitrogens with zero attached hydrogens (tertiary/aromatic N) is 1. The van der Waals surface area contributed by atoms with Crippen LogP contribution in [-0.4, -0.2) is 37.4 Å². The van der Waals surface area contributed by atoms with E-state index in [4.69, 9.17) is 4.74 Å². The smallest absolute Gasteiger partial charge is 0.243 e. The van der Waals surface area contributed by atoms with Gasteiger partial charge in [0, 0.05) is 25.2 Å². The Labute approximate surface area is 144 Å². The number of benzene rings is 1. The van der Waals surface area contributed by atoms with Gasteiger partial charge in [0.2, 0.25) is 11.8 Å². The Hall–Kier alpha value is -2.04. The first-order valence-corrected chi connectivity index (χ1v) is 8.76. The standard InChI is InChI=1S/C19H28N2O3/c1-21(19(23)12-11-15-7-4-3-5-8-15)14-18(22)20-16-9-6-10-17(13-16)24-2/h6,9-10,13,15H,3-5,7-8,11-12,14H2,1-2H3,(H,20,22). The van der Waals surface area contributed by atoms with E-state index in [1.54, 1.807) is 26.3 Å². The summed E-state index contributed by atoms with van der Waals surface area (Å²) < 4.78 is 5.13. The number of carbonyl (C=O) groups is 2. The average Bonchev–Trinajstić information content (AvgIpc) is 2.60. The largest absolute Gasteiger partial charge is 0.497 e. The SMILES string of the molecule is COc1cccc(NC(=O)CN(C)C(=O)CCC2CCCCC2)c1. The number of rotatable bonds is 7. The molecule has 1 aliphatic carbocycles. The van der Waals surface area contributed by atoms with Crippen LogP contribution in [-0.2, 0) is 9.59 Å². The van der Waals surface area contributed by atoms with Crippen molar-refractivity contribution in [2.24, 2.45) is 5.92 Å². The van der Waals surface area contributed by atoms with Gasteiger partial charge in [-0.05, 0) is 24.5 Å². The molecule has 0 aromatic heterocycles. The predicted molar refractivity (Wildman–Crippen MR) is 95.1 cm³/mol. The number of carbonyl (C=O) groups excluding carboxylic acids is 2. The molecule has 0 spiro atoms. The molecule has 5 nitrogen and oxygen atoms in total. The molecule has 1 aromatic carbocycles. The van der Waals surface area contributed by atoms with Gasteiger partial charge >= 0.3 is 0 Å². The number of ether oxygens (including phenoxy) is 1. The van der Waals surface area contributed by atoms with E-state index in [0.717, 1.165) is 6.42 Å². The molecule has 0 heterocycles. The van der Waals surface area contributed by atoms with Crippen molar-refractivity contribution in [3.8, 4) is 5.75 Å². The minimum absolute atomic E-state index is 0.0429. The van der Waals surface area contributed by atoms with Crippen LogP contribution >= 0.6 is 0 Å². The molecule has 1 N–H and O–H groups in total. The van der Waals surface area contributed by atoms with Gasteiger partial charge in [0.15, 0.2) is 0 Å². The molecule has 0 aliphatic heterocycles. The second-order valence-corrected chi connectivity index (χ2v) is 6.57. The summed E-state index contributed by atoms with van der Waals surface area (Å²) in [7, 11) is 3.27. The van der Waals surface area contributed by atoms with E-state index in [1.807, 2.05) is 12.1 Å². The first-order valence-electron chi connectivity index (χ1n) is 8.76. The lowest BCUT2D eigenvalue weighted by atomic mass is 9.86. The lowest BCUT2D eigenvalue weighted by Gasteiger charge is -2.22. The third-order valence-corrected chi connectivity index (χ3v) is 4.65. The third kappa shape index (κ3) is 5.87. The van der Waals surface area contributed by atoms with Crippen molar-refractivity contribution in [3.63, 3.8) is 0 Å². The number of amides is 2. The maximum atomic E-state index is 12.2. The molecular weight excluding hydrogens is 304 g/mol. The quantitative estimate of drug-likeness (QED) is 0.832.